The summed E-state index contributed by atoms with van der Waals surface area (Å²) in [6.45, 7) is 1.96. The van der Waals surface area contributed by atoms with Crippen LogP contribution in [0.2, 0.25) is 5.02 Å². The molecule has 1 aromatic heterocycles. The van der Waals surface area contributed by atoms with Crippen molar-refractivity contribution in [1.82, 2.24) is 9.97 Å². The Kier molecular flexibility index (Phi) is 3.01. The Morgan fingerprint density at radius 2 is 2.17 bits per heavy atom. The molecule has 0 saturated heterocycles. The Labute approximate surface area is 76.0 Å². The van der Waals surface area contributed by atoms with E-state index in [0.29, 0.717) is 10.7 Å². The van der Waals surface area contributed by atoms with Crippen LogP contribution < -0.4 is 0 Å². The first-order valence-electron chi connectivity index (χ1n) is 3.64. The Balaban J connectivity index is 3.07. The van der Waals surface area contributed by atoms with Gasteiger partial charge >= 0.3 is 0 Å². The molecule has 3 nitrogen and oxygen atoms in total. The van der Waals surface area contributed by atoms with Crippen molar-refractivity contribution < 1.29 is 0 Å². The average Bonchev–Trinajstić information content (AvgIpc) is 2.09. The van der Waals surface area contributed by atoms with Crippen molar-refractivity contribution >= 4 is 11.6 Å². The van der Waals surface area contributed by atoms with Gasteiger partial charge in [0.1, 0.15) is 6.33 Å². The minimum Gasteiger partial charge on any atom is -0.240 e. The van der Waals surface area contributed by atoms with Gasteiger partial charge in [-0.05, 0) is 6.42 Å². The molecular weight excluding hydrogens is 174 g/mol. The van der Waals surface area contributed by atoms with E-state index < -0.39 is 0 Å². The van der Waals surface area contributed by atoms with Crippen LogP contribution in [-0.2, 0) is 12.8 Å². The van der Waals surface area contributed by atoms with Gasteiger partial charge in [-0.2, -0.15) is 5.26 Å². The third-order valence-corrected chi connectivity index (χ3v) is 1.95. The topological polar surface area (TPSA) is 49.6 Å². The molecule has 0 aliphatic rings. The first-order chi connectivity index (χ1) is 5.79. The number of nitriles is 1. The molecule has 0 unspecified atom stereocenters. The van der Waals surface area contributed by atoms with Crippen molar-refractivity contribution in [2.75, 3.05) is 0 Å². The van der Waals surface area contributed by atoms with Crippen LogP contribution in [0.15, 0.2) is 6.33 Å². The van der Waals surface area contributed by atoms with Crippen LogP contribution in [0.25, 0.3) is 0 Å². The van der Waals surface area contributed by atoms with Crippen LogP contribution in [0.4, 0.5) is 0 Å². The molecule has 0 fully saturated rings. The minimum atomic E-state index is 0.244. The molecule has 0 N–H and O–H groups in total. The minimum absolute atomic E-state index is 0.244. The van der Waals surface area contributed by atoms with Gasteiger partial charge in [0.2, 0.25) is 0 Å². The van der Waals surface area contributed by atoms with Crippen LogP contribution >= 0.6 is 11.6 Å². The second-order valence-electron chi connectivity index (χ2n) is 2.27. The molecule has 12 heavy (non-hydrogen) atoms. The molecule has 0 saturated carbocycles. The van der Waals surface area contributed by atoms with Crippen molar-refractivity contribution in [2.24, 2.45) is 0 Å². The largest absolute Gasteiger partial charge is 0.240 e. The fraction of sp³-hybridized carbons (Fsp3) is 0.375. The lowest BCUT2D eigenvalue weighted by Crippen LogP contribution is -1.96. The maximum Gasteiger partial charge on any atom is 0.116 e. The van der Waals surface area contributed by atoms with Crippen molar-refractivity contribution in [1.29, 1.82) is 5.26 Å². The normalized spacial score (nSPS) is 9.42. The highest BCUT2D eigenvalue weighted by Gasteiger charge is 2.05. The number of rotatable bonds is 2. The second kappa shape index (κ2) is 4.03. The standard InChI is InChI=1S/C8H8ClN3/c1-2-6-8(9)7(3-4-10)12-5-11-6/h5H,2-3H2,1H3. The molecule has 1 heterocycles. The summed E-state index contributed by atoms with van der Waals surface area (Å²) >= 11 is 5.91. The van der Waals surface area contributed by atoms with Gasteiger partial charge in [0.15, 0.2) is 0 Å². The van der Waals surface area contributed by atoms with Crippen LogP contribution in [0.3, 0.4) is 0 Å². The quantitative estimate of drug-likeness (QED) is 0.699. The van der Waals surface area contributed by atoms with Crippen LogP contribution in [0.1, 0.15) is 18.3 Å². The summed E-state index contributed by atoms with van der Waals surface area (Å²) in [5.41, 5.74) is 1.42. The highest BCUT2D eigenvalue weighted by Crippen LogP contribution is 2.17. The zero-order valence-electron chi connectivity index (χ0n) is 6.71. The Bertz CT molecular complexity index is 317. The molecule has 0 aromatic carbocycles. The highest BCUT2D eigenvalue weighted by molar-refractivity contribution is 6.31. The smallest absolute Gasteiger partial charge is 0.116 e. The first kappa shape index (κ1) is 8.95. The Morgan fingerprint density at radius 3 is 2.75 bits per heavy atom. The van der Waals surface area contributed by atoms with Gasteiger partial charge in [0.05, 0.1) is 28.9 Å². The number of aromatic nitrogens is 2. The molecule has 0 aliphatic heterocycles. The maximum absolute atomic E-state index is 8.44. The van der Waals surface area contributed by atoms with Gasteiger partial charge in [-0.15, -0.1) is 0 Å². The van der Waals surface area contributed by atoms with E-state index in [1.54, 1.807) is 0 Å². The van der Waals surface area contributed by atoms with E-state index in [1.807, 2.05) is 13.0 Å². The molecule has 1 rings (SSSR count). The lowest BCUT2D eigenvalue weighted by Gasteiger charge is -2.01. The molecule has 4 heteroatoms. The molecule has 62 valence electrons. The molecule has 0 amide bonds. The fourth-order valence-corrected chi connectivity index (χ4v) is 1.19. The summed E-state index contributed by atoms with van der Waals surface area (Å²) in [7, 11) is 0. The van der Waals surface area contributed by atoms with Gasteiger partial charge in [0.25, 0.3) is 0 Å². The zero-order chi connectivity index (χ0) is 8.97. The predicted molar refractivity (Wildman–Crippen MR) is 45.7 cm³/mol. The molecule has 0 aliphatic carbocycles. The van der Waals surface area contributed by atoms with Gasteiger partial charge in [-0.1, -0.05) is 18.5 Å². The van der Waals surface area contributed by atoms with Crippen molar-refractivity contribution in [3.8, 4) is 6.07 Å². The lowest BCUT2D eigenvalue weighted by molar-refractivity contribution is 0.959. The fourth-order valence-electron chi connectivity index (χ4n) is 0.893. The van der Waals surface area contributed by atoms with Crippen molar-refractivity contribution in [3.05, 3.63) is 22.7 Å². The summed E-state index contributed by atoms with van der Waals surface area (Å²) in [5, 5.41) is 8.97. The number of halogens is 1. The van der Waals surface area contributed by atoms with Gasteiger partial charge in [-0.3, -0.25) is 0 Å². The number of nitrogens with zero attached hydrogens (tertiary/aromatic N) is 3. The molecule has 0 spiro atoms. The highest BCUT2D eigenvalue weighted by atomic mass is 35.5. The van der Waals surface area contributed by atoms with Gasteiger partial charge in [0, 0.05) is 0 Å². The number of hydrogen-bond donors (Lipinski definition) is 0. The lowest BCUT2D eigenvalue weighted by atomic mass is 10.2. The predicted octanol–water partition coefficient (Wildman–Crippen LogP) is 1.76. The van der Waals surface area contributed by atoms with Gasteiger partial charge in [-0.25, -0.2) is 9.97 Å². The SMILES string of the molecule is CCc1ncnc(CC#N)c1Cl. The van der Waals surface area contributed by atoms with Gasteiger partial charge < -0.3 is 0 Å². The van der Waals surface area contributed by atoms with E-state index in [0.717, 1.165) is 12.1 Å². The third kappa shape index (κ3) is 1.72. The Morgan fingerprint density at radius 1 is 1.50 bits per heavy atom. The van der Waals surface area contributed by atoms with Crippen molar-refractivity contribution in [3.63, 3.8) is 0 Å². The van der Waals surface area contributed by atoms with E-state index in [-0.39, 0.29) is 6.42 Å². The molecular formula is C8H8ClN3. The second-order valence-corrected chi connectivity index (χ2v) is 2.65. The van der Waals surface area contributed by atoms with Crippen molar-refractivity contribution in [2.45, 2.75) is 19.8 Å². The summed E-state index contributed by atoms with van der Waals surface area (Å²) in [6.07, 6.45) is 2.45. The molecule has 0 atom stereocenters. The van der Waals surface area contributed by atoms with E-state index in [9.17, 15) is 0 Å². The summed E-state index contributed by atoms with van der Waals surface area (Å²) in [4.78, 5) is 7.90. The summed E-state index contributed by atoms with van der Waals surface area (Å²) in [5.74, 6) is 0. The van der Waals surface area contributed by atoms with Crippen LogP contribution in [0.5, 0.6) is 0 Å². The average molecular weight is 182 g/mol. The molecule has 1 aromatic rings. The first-order valence-corrected chi connectivity index (χ1v) is 4.02. The van der Waals surface area contributed by atoms with E-state index in [1.165, 1.54) is 6.33 Å². The third-order valence-electron chi connectivity index (χ3n) is 1.52. The number of hydrogen-bond acceptors (Lipinski definition) is 3. The van der Waals surface area contributed by atoms with Crippen LogP contribution in [0, 0.1) is 11.3 Å². The summed E-state index contributed by atoms with van der Waals surface area (Å²) < 4.78 is 0. The van der Waals surface area contributed by atoms with E-state index >= 15 is 0 Å². The van der Waals surface area contributed by atoms with E-state index in [4.69, 9.17) is 16.9 Å². The Hall–Kier alpha value is -1.14. The van der Waals surface area contributed by atoms with E-state index in [2.05, 4.69) is 9.97 Å². The molecule has 0 radical (unpaired) electrons. The zero-order valence-corrected chi connectivity index (χ0v) is 7.47. The number of aryl methyl sites for hydroxylation is 1. The molecule has 0 bridgehead atoms. The van der Waals surface area contributed by atoms with Crippen LogP contribution in [-0.4, -0.2) is 9.97 Å². The summed E-state index contributed by atoms with van der Waals surface area (Å²) in [6, 6.07) is 2.00. The monoisotopic (exact) mass is 181 g/mol. The maximum atomic E-state index is 8.44.